The molecule has 0 heterocycles. The summed E-state index contributed by atoms with van der Waals surface area (Å²) in [6.07, 6.45) is 8.13. The second-order valence-corrected chi connectivity index (χ2v) is 3.50. The minimum atomic E-state index is -0.00702. The first-order chi connectivity index (χ1) is 7.24. The average Bonchev–Trinajstić information content (AvgIpc) is 2.25. The van der Waals surface area contributed by atoms with Crippen molar-refractivity contribution in [3.05, 3.63) is 59.2 Å². The van der Waals surface area contributed by atoms with Gasteiger partial charge < -0.3 is 0 Å². The molecule has 0 atom stereocenters. The van der Waals surface area contributed by atoms with Crippen LogP contribution in [0.1, 0.15) is 23.7 Å². The van der Waals surface area contributed by atoms with E-state index in [9.17, 15) is 4.79 Å². The zero-order valence-corrected chi connectivity index (χ0v) is 9.37. The fraction of sp³-hybridized carbons (Fsp3) is 0.154. The summed E-state index contributed by atoms with van der Waals surface area (Å²) in [5, 5.41) is 0.640. The Morgan fingerprint density at radius 3 is 2.53 bits per heavy atom. The summed E-state index contributed by atoms with van der Waals surface area (Å²) in [6.45, 7) is 2.05. The largest absolute Gasteiger partial charge is 0.289 e. The zero-order valence-electron chi connectivity index (χ0n) is 8.61. The highest BCUT2D eigenvalue weighted by Crippen LogP contribution is 2.10. The molecular formula is C13H13ClO. The monoisotopic (exact) mass is 220 g/mol. The molecule has 1 nitrogen and oxygen atoms in total. The molecule has 0 saturated heterocycles. The van der Waals surface area contributed by atoms with Gasteiger partial charge in [0.05, 0.1) is 0 Å². The van der Waals surface area contributed by atoms with E-state index in [1.807, 2.05) is 19.1 Å². The van der Waals surface area contributed by atoms with E-state index in [4.69, 9.17) is 11.6 Å². The molecule has 0 N–H and O–H groups in total. The molecule has 2 heteroatoms. The minimum absolute atomic E-state index is 0.00702. The van der Waals surface area contributed by atoms with Crippen molar-refractivity contribution in [1.29, 1.82) is 0 Å². The molecule has 0 aliphatic heterocycles. The van der Waals surface area contributed by atoms with E-state index in [2.05, 4.69) is 0 Å². The molecule has 0 amide bonds. The number of ketones is 1. The number of benzene rings is 1. The maximum atomic E-state index is 11.6. The third-order valence-electron chi connectivity index (χ3n) is 1.86. The lowest BCUT2D eigenvalue weighted by molar-refractivity contribution is 0.104. The SMILES string of the molecule is CC/C=C\C=C\C(=O)c1ccc(Cl)cc1. The van der Waals surface area contributed by atoms with Gasteiger partial charge in [-0.1, -0.05) is 36.8 Å². The van der Waals surface area contributed by atoms with Crippen molar-refractivity contribution in [3.8, 4) is 0 Å². The van der Waals surface area contributed by atoms with Crippen molar-refractivity contribution >= 4 is 17.4 Å². The lowest BCUT2D eigenvalue weighted by Crippen LogP contribution is -1.92. The fourth-order valence-corrected chi connectivity index (χ4v) is 1.19. The summed E-state index contributed by atoms with van der Waals surface area (Å²) in [7, 11) is 0. The highest BCUT2D eigenvalue weighted by Gasteiger charge is 1.99. The molecule has 0 radical (unpaired) electrons. The quantitative estimate of drug-likeness (QED) is 0.425. The molecule has 1 aromatic rings. The predicted molar refractivity (Wildman–Crippen MR) is 64.4 cm³/mol. The average molecular weight is 221 g/mol. The van der Waals surface area contributed by atoms with Crippen LogP contribution in [0.15, 0.2) is 48.6 Å². The summed E-state index contributed by atoms with van der Waals surface area (Å²) in [6, 6.07) is 6.87. The minimum Gasteiger partial charge on any atom is -0.289 e. The molecule has 0 fully saturated rings. The molecule has 1 rings (SSSR count). The molecule has 0 unspecified atom stereocenters. The molecule has 0 aliphatic rings. The van der Waals surface area contributed by atoms with Crippen LogP contribution in [0.4, 0.5) is 0 Å². The van der Waals surface area contributed by atoms with E-state index in [0.29, 0.717) is 10.6 Å². The Bertz CT molecular complexity index is 374. The van der Waals surface area contributed by atoms with Crippen LogP contribution in [0, 0.1) is 0 Å². The number of allylic oxidation sites excluding steroid dienone is 4. The van der Waals surface area contributed by atoms with Crippen molar-refractivity contribution in [2.24, 2.45) is 0 Å². The van der Waals surface area contributed by atoms with Gasteiger partial charge in [0.25, 0.3) is 0 Å². The van der Waals surface area contributed by atoms with Crippen LogP contribution < -0.4 is 0 Å². The third-order valence-corrected chi connectivity index (χ3v) is 2.11. The van der Waals surface area contributed by atoms with Gasteiger partial charge in [-0.2, -0.15) is 0 Å². The van der Waals surface area contributed by atoms with Gasteiger partial charge >= 0.3 is 0 Å². The molecule has 0 spiro atoms. The Morgan fingerprint density at radius 1 is 1.27 bits per heavy atom. The topological polar surface area (TPSA) is 17.1 Å². The molecule has 0 bridgehead atoms. The molecule has 0 saturated carbocycles. The maximum Gasteiger partial charge on any atom is 0.185 e. The van der Waals surface area contributed by atoms with Crippen molar-refractivity contribution in [2.45, 2.75) is 13.3 Å². The van der Waals surface area contributed by atoms with Gasteiger partial charge in [0.2, 0.25) is 0 Å². The molecule has 0 aliphatic carbocycles. The summed E-state index contributed by atoms with van der Waals surface area (Å²) in [5.41, 5.74) is 0.653. The van der Waals surface area contributed by atoms with E-state index in [-0.39, 0.29) is 5.78 Å². The highest BCUT2D eigenvalue weighted by atomic mass is 35.5. The second kappa shape index (κ2) is 6.20. The van der Waals surface area contributed by atoms with Gasteiger partial charge in [0, 0.05) is 10.6 Å². The van der Waals surface area contributed by atoms with Gasteiger partial charge in [-0.3, -0.25) is 4.79 Å². The lowest BCUT2D eigenvalue weighted by Gasteiger charge is -1.94. The molecule has 0 aromatic heterocycles. The first kappa shape index (κ1) is 11.7. The number of halogens is 1. The van der Waals surface area contributed by atoms with Crippen molar-refractivity contribution in [3.63, 3.8) is 0 Å². The van der Waals surface area contributed by atoms with Crippen LogP contribution in [0.3, 0.4) is 0 Å². The van der Waals surface area contributed by atoms with Gasteiger partial charge in [0.1, 0.15) is 0 Å². The van der Waals surface area contributed by atoms with Gasteiger partial charge in [0.15, 0.2) is 5.78 Å². The maximum absolute atomic E-state index is 11.6. The van der Waals surface area contributed by atoms with Crippen molar-refractivity contribution in [1.82, 2.24) is 0 Å². The van der Waals surface area contributed by atoms with Crippen LogP contribution in [0.2, 0.25) is 5.02 Å². The number of hydrogen-bond donors (Lipinski definition) is 0. The highest BCUT2D eigenvalue weighted by molar-refractivity contribution is 6.30. The van der Waals surface area contributed by atoms with E-state index in [1.54, 1.807) is 36.4 Å². The Morgan fingerprint density at radius 2 is 1.93 bits per heavy atom. The van der Waals surface area contributed by atoms with Crippen LogP contribution in [0.5, 0.6) is 0 Å². The summed E-state index contributed by atoms with van der Waals surface area (Å²) >= 11 is 5.72. The second-order valence-electron chi connectivity index (χ2n) is 3.07. The summed E-state index contributed by atoms with van der Waals surface area (Å²) in [4.78, 5) is 11.6. The normalized spacial score (nSPS) is 11.3. The first-order valence-corrected chi connectivity index (χ1v) is 5.25. The van der Waals surface area contributed by atoms with Crippen LogP contribution in [-0.4, -0.2) is 5.78 Å². The summed E-state index contributed by atoms with van der Waals surface area (Å²) in [5.74, 6) is -0.00702. The fourth-order valence-electron chi connectivity index (χ4n) is 1.07. The van der Waals surface area contributed by atoms with Crippen LogP contribution in [0.25, 0.3) is 0 Å². The van der Waals surface area contributed by atoms with Crippen LogP contribution in [-0.2, 0) is 0 Å². The van der Waals surface area contributed by atoms with E-state index in [1.165, 1.54) is 0 Å². The molecule has 15 heavy (non-hydrogen) atoms. The van der Waals surface area contributed by atoms with Gasteiger partial charge in [-0.05, 0) is 36.8 Å². The Hall–Kier alpha value is -1.34. The number of rotatable bonds is 4. The number of carbonyl (C=O) groups excluding carboxylic acids is 1. The van der Waals surface area contributed by atoms with E-state index in [0.717, 1.165) is 6.42 Å². The molecule has 1 aromatic carbocycles. The van der Waals surface area contributed by atoms with Crippen LogP contribution >= 0.6 is 11.6 Å². The Labute approximate surface area is 95.1 Å². The molecular weight excluding hydrogens is 208 g/mol. The standard InChI is InChI=1S/C13H13ClO/c1-2-3-4-5-6-13(15)11-7-9-12(14)10-8-11/h3-10H,2H2,1H3/b4-3-,6-5+. The summed E-state index contributed by atoms with van der Waals surface area (Å²) < 4.78 is 0. The lowest BCUT2D eigenvalue weighted by atomic mass is 10.1. The Kier molecular flexibility index (Phi) is 4.85. The Balaban J connectivity index is 2.65. The number of carbonyl (C=O) groups is 1. The zero-order chi connectivity index (χ0) is 11.1. The predicted octanol–water partition coefficient (Wildman–Crippen LogP) is 4.05. The third kappa shape index (κ3) is 4.13. The first-order valence-electron chi connectivity index (χ1n) is 4.87. The van der Waals surface area contributed by atoms with E-state index < -0.39 is 0 Å². The molecule has 78 valence electrons. The van der Waals surface area contributed by atoms with Gasteiger partial charge in [-0.25, -0.2) is 0 Å². The number of hydrogen-bond acceptors (Lipinski definition) is 1. The van der Waals surface area contributed by atoms with Crippen molar-refractivity contribution in [2.75, 3.05) is 0 Å². The van der Waals surface area contributed by atoms with Gasteiger partial charge in [-0.15, -0.1) is 0 Å². The van der Waals surface area contributed by atoms with Crippen molar-refractivity contribution < 1.29 is 4.79 Å². The smallest absolute Gasteiger partial charge is 0.185 e. The van der Waals surface area contributed by atoms with E-state index >= 15 is 0 Å².